The zero-order valence-electron chi connectivity index (χ0n) is 16.8. The maximum atomic E-state index is 13.1. The third-order valence-electron chi connectivity index (χ3n) is 5.09. The molecule has 1 aliphatic heterocycles. The lowest BCUT2D eigenvalue weighted by Crippen LogP contribution is -2.49. The number of aromatic amines is 1. The van der Waals surface area contributed by atoms with Crippen molar-refractivity contribution in [3.63, 3.8) is 0 Å². The highest BCUT2D eigenvalue weighted by atomic mass is 32.2. The summed E-state index contributed by atoms with van der Waals surface area (Å²) >= 11 is 0. The molecule has 1 aromatic carbocycles. The first-order valence-corrected chi connectivity index (χ1v) is 10.7. The fraction of sp³-hybridized carbons (Fsp3) is 0.450. The van der Waals surface area contributed by atoms with Crippen LogP contribution in [0.1, 0.15) is 27.3 Å². The molecule has 3 rings (SSSR count). The van der Waals surface area contributed by atoms with Gasteiger partial charge in [-0.15, -0.1) is 0 Å². The number of carbonyl (C=O) groups is 1. The summed E-state index contributed by atoms with van der Waals surface area (Å²) in [6.45, 7) is 7.68. The lowest BCUT2D eigenvalue weighted by atomic mass is 10.1. The lowest BCUT2D eigenvalue weighted by Gasteiger charge is -2.33. The number of piperazine rings is 1. The van der Waals surface area contributed by atoms with Gasteiger partial charge in [-0.25, -0.2) is 8.42 Å². The maximum absolute atomic E-state index is 13.1. The summed E-state index contributed by atoms with van der Waals surface area (Å²) in [7, 11) is -2.17. The van der Waals surface area contributed by atoms with Crippen molar-refractivity contribution >= 4 is 15.8 Å². The molecule has 1 N–H and O–H groups in total. The highest BCUT2D eigenvalue weighted by molar-refractivity contribution is 7.89. The lowest BCUT2D eigenvalue weighted by molar-refractivity contribution is 0.0901. The molecular formula is C20H27N3O4S. The third-order valence-corrected chi connectivity index (χ3v) is 7.01. The number of nitrogens with one attached hydrogen (secondary N) is 1. The molecule has 0 amide bonds. The van der Waals surface area contributed by atoms with Crippen LogP contribution in [0, 0.1) is 20.8 Å². The number of sulfonamides is 1. The van der Waals surface area contributed by atoms with Gasteiger partial charge in [-0.2, -0.15) is 4.31 Å². The first-order chi connectivity index (χ1) is 13.2. The van der Waals surface area contributed by atoms with Crippen LogP contribution in [0.2, 0.25) is 0 Å². The van der Waals surface area contributed by atoms with E-state index >= 15 is 0 Å². The number of benzene rings is 1. The molecular weight excluding hydrogens is 378 g/mol. The molecule has 1 aliphatic rings. The number of aromatic nitrogens is 1. The number of methoxy groups -OCH3 is 1. The number of nitrogens with zero attached hydrogens (tertiary/aromatic N) is 2. The van der Waals surface area contributed by atoms with Gasteiger partial charge in [-0.3, -0.25) is 9.69 Å². The van der Waals surface area contributed by atoms with Gasteiger partial charge in [0.15, 0.2) is 5.78 Å². The first kappa shape index (κ1) is 20.6. The molecule has 2 heterocycles. The van der Waals surface area contributed by atoms with Crippen molar-refractivity contribution in [3.05, 3.63) is 46.8 Å². The number of hydrogen-bond acceptors (Lipinski definition) is 5. The Hall–Kier alpha value is -2.16. The largest absolute Gasteiger partial charge is 0.495 e. The molecule has 0 radical (unpaired) electrons. The number of hydrogen-bond donors (Lipinski definition) is 1. The average molecular weight is 406 g/mol. The molecule has 1 fully saturated rings. The van der Waals surface area contributed by atoms with Gasteiger partial charge in [0.25, 0.3) is 0 Å². The second-order valence-corrected chi connectivity index (χ2v) is 9.16. The number of H-pyrrole nitrogens is 1. The minimum Gasteiger partial charge on any atom is -0.495 e. The van der Waals surface area contributed by atoms with Gasteiger partial charge in [0.1, 0.15) is 10.6 Å². The Labute approximate surface area is 166 Å². The number of carbonyl (C=O) groups excluding carboxylic acids is 1. The van der Waals surface area contributed by atoms with Gasteiger partial charge < -0.3 is 9.72 Å². The quantitative estimate of drug-likeness (QED) is 0.745. The van der Waals surface area contributed by atoms with Crippen LogP contribution in [0.4, 0.5) is 0 Å². The van der Waals surface area contributed by atoms with Gasteiger partial charge >= 0.3 is 0 Å². The minimum absolute atomic E-state index is 0.0542. The van der Waals surface area contributed by atoms with E-state index < -0.39 is 10.0 Å². The van der Waals surface area contributed by atoms with E-state index in [2.05, 4.69) is 4.98 Å². The topological polar surface area (TPSA) is 82.7 Å². The van der Waals surface area contributed by atoms with E-state index in [-0.39, 0.29) is 10.7 Å². The van der Waals surface area contributed by atoms with Crippen LogP contribution in [-0.4, -0.2) is 68.2 Å². The molecule has 0 atom stereocenters. The first-order valence-electron chi connectivity index (χ1n) is 9.29. The van der Waals surface area contributed by atoms with Gasteiger partial charge in [0.05, 0.1) is 13.7 Å². The summed E-state index contributed by atoms with van der Waals surface area (Å²) in [5.41, 5.74) is 3.40. The number of ketones is 1. The van der Waals surface area contributed by atoms with Crippen LogP contribution in [0.3, 0.4) is 0 Å². The standard InChI is InChI=1S/C20H27N3O4S/c1-14-5-6-19(27-4)20(11-14)28(25,26)23-9-7-22(8-10-23)13-18(24)17-12-15(2)21-16(17)3/h5-6,11-12,21H,7-10,13H2,1-4H3. The fourth-order valence-corrected chi connectivity index (χ4v) is 5.22. The predicted molar refractivity (Wildman–Crippen MR) is 108 cm³/mol. The zero-order valence-corrected chi connectivity index (χ0v) is 17.6. The highest BCUT2D eigenvalue weighted by Gasteiger charge is 2.31. The summed E-state index contributed by atoms with van der Waals surface area (Å²) in [6, 6.07) is 7.01. The molecule has 0 saturated carbocycles. The predicted octanol–water partition coefficient (Wildman–Crippen LogP) is 2.14. The van der Waals surface area contributed by atoms with E-state index in [1.54, 1.807) is 12.1 Å². The summed E-state index contributed by atoms with van der Waals surface area (Å²) in [5, 5.41) is 0. The Bertz CT molecular complexity index is 973. The summed E-state index contributed by atoms with van der Waals surface area (Å²) in [4.78, 5) is 17.9. The van der Waals surface area contributed by atoms with Crippen LogP contribution in [0.25, 0.3) is 0 Å². The third kappa shape index (κ3) is 4.14. The van der Waals surface area contributed by atoms with E-state index in [1.165, 1.54) is 11.4 Å². The van der Waals surface area contributed by atoms with E-state index in [1.807, 2.05) is 37.8 Å². The van der Waals surface area contributed by atoms with Gasteiger partial charge in [0, 0.05) is 43.1 Å². The molecule has 0 aliphatic carbocycles. The summed E-state index contributed by atoms with van der Waals surface area (Å²) < 4.78 is 32.9. The smallest absolute Gasteiger partial charge is 0.246 e. The van der Waals surface area contributed by atoms with Crippen molar-refractivity contribution in [3.8, 4) is 5.75 Å². The van der Waals surface area contributed by atoms with Gasteiger partial charge in [0.2, 0.25) is 10.0 Å². The Morgan fingerprint density at radius 1 is 1.11 bits per heavy atom. The van der Waals surface area contributed by atoms with Crippen LogP contribution in [0.15, 0.2) is 29.2 Å². The molecule has 0 bridgehead atoms. The highest BCUT2D eigenvalue weighted by Crippen LogP contribution is 2.28. The zero-order chi connectivity index (χ0) is 20.5. The molecule has 28 heavy (non-hydrogen) atoms. The number of ether oxygens (including phenoxy) is 1. The summed E-state index contributed by atoms with van der Waals surface area (Å²) in [6.07, 6.45) is 0. The van der Waals surface area contributed by atoms with Crippen molar-refractivity contribution in [1.82, 2.24) is 14.2 Å². The van der Waals surface area contributed by atoms with Crippen LogP contribution in [0.5, 0.6) is 5.75 Å². The molecule has 1 saturated heterocycles. The van der Waals surface area contributed by atoms with Crippen LogP contribution < -0.4 is 4.74 Å². The van der Waals surface area contributed by atoms with Gasteiger partial charge in [-0.1, -0.05) is 6.07 Å². The molecule has 7 nitrogen and oxygen atoms in total. The Morgan fingerprint density at radius 2 is 1.79 bits per heavy atom. The minimum atomic E-state index is -3.64. The second kappa shape index (κ2) is 8.06. The molecule has 152 valence electrons. The molecule has 0 spiro atoms. The Morgan fingerprint density at radius 3 is 2.36 bits per heavy atom. The molecule has 1 aromatic heterocycles. The van der Waals surface area contributed by atoms with E-state index in [9.17, 15) is 13.2 Å². The molecule has 2 aromatic rings. The second-order valence-electron chi connectivity index (χ2n) is 7.25. The molecule has 0 unspecified atom stereocenters. The SMILES string of the molecule is COc1ccc(C)cc1S(=O)(=O)N1CCN(CC(=O)c2cc(C)[nH]c2C)CC1. The monoisotopic (exact) mass is 405 g/mol. The average Bonchev–Trinajstić information content (AvgIpc) is 3.00. The van der Waals surface area contributed by atoms with Crippen molar-refractivity contribution < 1.29 is 17.9 Å². The molecule has 8 heteroatoms. The Balaban J connectivity index is 1.67. The van der Waals surface area contributed by atoms with E-state index in [0.717, 1.165) is 17.0 Å². The van der Waals surface area contributed by atoms with E-state index in [4.69, 9.17) is 4.74 Å². The number of aryl methyl sites for hydroxylation is 3. The van der Waals surface area contributed by atoms with Gasteiger partial charge in [-0.05, 0) is 44.5 Å². The number of rotatable bonds is 6. The van der Waals surface area contributed by atoms with Crippen molar-refractivity contribution in [2.45, 2.75) is 25.7 Å². The van der Waals surface area contributed by atoms with Crippen molar-refractivity contribution in [1.29, 1.82) is 0 Å². The number of Topliss-reactive ketones (excluding diaryl/α,β-unsaturated/α-hetero) is 1. The Kier molecular flexibility index (Phi) is 5.92. The maximum Gasteiger partial charge on any atom is 0.246 e. The van der Waals surface area contributed by atoms with Crippen LogP contribution >= 0.6 is 0 Å². The fourth-order valence-electron chi connectivity index (χ4n) is 3.55. The van der Waals surface area contributed by atoms with E-state index in [0.29, 0.717) is 44.0 Å². The van der Waals surface area contributed by atoms with Crippen molar-refractivity contribution in [2.75, 3.05) is 39.8 Å². The summed E-state index contributed by atoms with van der Waals surface area (Å²) in [5.74, 6) is 0.403. The normalized spacial score (nSPS) is 16.3. The van der Waals surface area contributed by atoms with Crippen LogP contribution in [-0.2, 0) is 10.0 Å². The van der Waals surface area contributed by atoms with Crippen molar-refractivity contribution in [2.24, 2.45) is 0 Å².